The summed E-state index contributed by atoms with van der Waals surface area (Å²) in [5, 5.41) is 0. The fraction of sp³-hybridized carbons (Fsp3) is 0.227. The number of carbonyl (C=O) groups is 1. The van der Waals surface area contributed by atoms with Crippen molar-refractivity contribution < 1.29 is 9.53 Å². The third-order valence-electron chi connectivity index (χ3n) is 4.36. The van der Waals surface area contributed by atoms with Crippen molar-refractivity contribution in [2.45, 2.75) is 24.7 Å². The molecule has 25 heavy (non-hydrogen) atoms. The maximum absolute atomic E-state index is 11.8. The third kappa shape index (κ3) is 3.72. The molecule has 128 valence electrons. The van der Waals surface area contributed by atoms with Gasteiger partial charge >= 0.3 is 5.97 Å². The molecule has 0 amide bonds. The lowest BCUT2D eigenvalue weighted by atomic mass is 9.97. The van der Waals surface area contributed by atoms with E-state index in [1.54, 1.807) is 17.8 Å². The molecule has 0 aromatic heterocycles. The second-order valence-electron chi connectivity index (χ2n) is 6.05. The number of allylic oxidation sites excluding steroid dienone is 2. The van der Waals surface area contributed by atoms with E-state index in [1.807, 2.05) is 18.2 Å². The van der Waals surface area contributed by atoms with Gasteiger partial charge in [-0.1, -0.05) is 37.6 Å². The van der Waals surface area contributed by atoms with Gasteiger partial charge in [0.05, 0.1) is 12.7 Å². The van der Waals surface area contributed by atoms with Crippen molar-refractivity contribution >= 4 is 35.5 Å². The summed E-state index contributed by atoms with van der Waals surface area (Å²) in [4.78, 5) is 13.1. The van der Waals surface area contributed by atoms with Crippen molar-refractivity contribution in [2.75, 3.05) is 13.4 Å². The number of hydrogen-bond acceptors (Lipinski definition) is 3. The Morgan fingerprint density at radius 2 is 2.04 bits per heavy atom. The molecule has 0 radical (unpaired) electrons. The zero-order valence-electron chi connectivity index (χ0n) is 14.8. The van der Waals surface area contributed by atoms with Crippen molar-refractivity contribution in [3.05, 3.63) is 70.3 Å². The molecule has 0 heterocycles. The lowest BCUT2D eigenvalue weighted by molar-refractivity contribution is 0.0600. The van der Waals surface area contributed by atoms with E-state index in [9.17, 15) is 4.79 Å². The standard InChI is InChI=1S/C22H22O2S/c1-4-6-16-13-18-14-19(25-3)9-10-20(18)21(16)12-15-7-5-8-17(11-15)22(23)24-2/h5,7-14H,4,6H2,1-3H3. The van der Waals surface area contributed by atoms with Crippen LogP contribution >= 0.6 is 11.8 Å². The fourth-order valence-electron chi connectivity index (χ4n) is 3.16. The zero-order valence-corrected chi connectivity index (χ0v) is 15.7. The summed E-state index contributed by atoms with van der Waals surface area (Å²) < 4.78 is 4.83. The molecule has 0 saturated carbocycles. The van der Waals surface area contributed by atoms with Crippen LogP contribution in [0.25, 0.3) is 17.7 Å². The molecule has 3 heteroatoms. The molecule has 2 aromatic carbocycles. The van der Waals surface area contributed by atoms with Gasteiger partial charge in [0, 0.05) is 4.90 Å². The lowest BCUT2D eigenvalue weighted by Gasteiger charge is -2.08. The Hall–Kier alpha value is -2.26. The second kappa shape index (κ2) is 7.75. The quantitative estimate of drug-likeness (QED) is 0.493. The number of esters is 1. The van der Waals surface area contributed by atoms with Crippen LogP contribution in [-0.2, 0) is 4.74 Å². The van der Waals surface area contributed by atoms with Crippen LogP contribution in [0.3, 0.4) is 0 Å². The molecule has 1 aliphatic carbocycles. The number of hydrogen-bond donors (Lipinski definition) is 0. The Kier molecular flexibility index (Phi) is 5.44. The first-order valence-corrected chi connectivity index (χ1v) is 9.68. The van der Waals surface area contributed by atoms with Gasteiger partial charge in [-0.15, -0.1) is 11.8 Å². The van der Waals surface area contributed by atoms with Crippen LogP contribution in [0.5, 0.6) is 0 Å². The molecular formula is C22H22O2S. The molecule has 2 aromatic rings. The highest BCUT2D eigenvalue weighted by molar-refractivity contribution is 7.98. The van der Waals surface area contributed by atoms with Crippen LogP contribution in [-0.4, -0.2) is 19.3 Å². The molecule has 0 spiro atoms. The molecule has 2 nitrogen and oxygen atoms in total. The van der Waals surface area contributed by atoms with Gasteiger partial charge in [-0.3, -0.25) is 0 Å². The van der Waals surface area contributed by atoms with Crippen molar-refractivity contribution in [3.63, 3.8) is 0 Å². The van der Waals surface area contributed by atoms with Gasteiger partial charge in [0.1, 0.15) is 0 Å². The third-order valence-corrected chi connectivity index (χ3v) is 5.09. The maximum Gasteiger partial charge on any atom is 0.337 e. The maximum atomic E-state index is 11.8. The van der Waals surface area contributed by atoms with Crippen molar-refractivity contribution in [1.82, 2.24) is 0 Å². The fourth-order valence-corrected chi connectivity index (χ4v) is 3.61. The summed E-state index contributed by atoms with van der Waals surface area (Å²) in [6, 6.07) is 14.2. The smallest absolute Gasteiger partial charge is 0.337 e. The molecule has 0 N–H and O–H groups in total. The molecule has 0 atom stereocenters. The Bertz CT molecular complexity index is 862. The van der Waals surface area contributed by atoms with E-state index in [0.717, 1.165) is 18.4 Å². The SMILES string of the molecule is CCCC1=Cc2cc(SC)ccc2C1=Cc1cccc(C(=O)OC)c1. The highest BCUT2D eigenvalue weighted by Gasteiger charge is 2.18. The number of ether oxygens (including phenoxy) is 1. The Morgan fingerprint density at radius 3 is 2.76 bits per heavy atom. The van der Waals surface area contributed by atoms with Gasteiger partial charge in [-0.2, -0.15) is 0 Å². The largest absolute Gasteiger partial charge is 0.465 e. The molecule has 0 bridgehead atoms. The van der Waals surface area contributed by atoms with E-state index >= 15 is 0 Å². The number of fused-ring (bicyclic) bond motifs is 1. The monoisotopic (exact) mass is 350 g/mol. The van der Waals surface area contributed by atoms with E-state index < -0.39 is 0 Å². The van der Waals surface area contributed by atoms with E-state index in [2.05, 4.69) is 43.5 Å². The van der Waals surface area contributed by atoms with Crippen LogP contribution in [0.15, 0.2) is 52.9 Å². The van der Waals surface area contributed by atoms with Crippen LogP contribution in [0.1, 0.15) is 46.8 Å². The molecule has 0 fully saturated rings. The van der Waals surface area contributed by atoms with Gasteiger partial charge < -0.3 is 4.74 Å². The van der Waals surface area contributed by atoms with Crippen molar-refractivity contribution in [2.24, 2.45) is 0 Å². The zero-order chi connectivity index (χ0) is 17.8. The molecule has 0 unspecified atom stereocenters. The van der Waals surface area contributed by atoms with E-state index in [4.69, 9.17) is 4.74 Å². The predicted molar refractivity (Wildman–Crippen MR) is 107 cm³/mol. The number of rotatable bonds is 5. The van der Waals surface area contributed by atoms with Gasteiger partial charge in [0.2, 0.25) is 0 Å². The molecular weight excluding hydrogens is 328 g/mol. The van der Waals surface area contributed by atoms with Gasteiger partial charge in [-0.05, 0) is 70.9 Å². The minimum absolute atomic E-state index is 0.305. The van der Waals surface area contributed by atoms with Gasteiger partial charge in [0.15, 0.2) is 0 Å². The van der Waals surface area contributed by atoms with E-state index in [0.29, 0.717) is 5.56 Å². The number of thioether (sulfide) groups is 1. The molecule has 0 saturated heterocycles. The van der Waals surface area contributed by atoms with E-state index in [1.165, 1.54) is 34.3 Å². The minimum atomic E-state index is -0.305. The number of benzene rings is 2. The van der Waals surface area contributed by atoms with E-state index in [-0.39, 0.29) is 5.97 Å². The van der Waals surface area contributed by atoms with Crippen LogP contribution in [0.2, 0.25) is 0 Å². The van der Waals surface area contributed by atoms with Gasteiger partial charge in [0.25, 0.3) is 0 Å². The molecule has 3 rings (SSSR count). The highest BCUT2D eigenvalue weighted by atomic mass is 32.2. The first kappa shape index (κ1) is 17.6. The lowest BCUT2D eigenvalue weighted by Crippen LogP contribution is -2.00. The highest BCUT2D eigenvalue weighted by Crippen LogP contribution is 2.40. The van der Waals surface area contributed by atoms with Crippen molar-refractivity contribution in [3.8, 4) is 0 Å². The van der Waals surface area contributed by atoms with Crippen molar-refractivity contribution in [1.29, 1.82) is 0 Å². The van der Waals surface area contributed by atoms with Crippen LogP contribution < -0.4 is 0 Å². The summed E-state index contributed by atoms with van der Waals surface area (Å²) in [7, 11) is 1.41. The number of methoxy groups -OCH3 is 1. The summed E-state index contributed by atoms with van der Waals surface area (Å²) in [5.74, 6) is -0.305. The Balaban J connectivity index is 2.05. The summed E-state index contributed by atoms with van der Waals surface area (Å²) in [6.07, 6.45) is 8.73. The average Bonchev–Trinajstić information content (AvgIpc) is 2.98. The average molecular weight is 350 g/mol. The normalized spacial score (nSPS) is 14.4. The topological polar surface area (TPSA) is 26.3 Å². The van der Waals surface area contributed by atoms with Gasteiger partial charge in [-0.25, -0.2) is 4.79 Å². The summed E-state index contributed by atoms with van der Waals surface area (Å²) >= 11 is 1.76. The first-order valence-electron chi connectivity index (χ1n) is 8.45. The minimum Gasteiger partial charge on any atom is -0.465 e. The first-order chi connectivity index (χ1) is 12.2. The summed E-state index contributed by atoms with van der Waals surface area (Å²) in [6.45, 7) is 2.20. The summed E-state index contributed by atoms with van der Waals surface area (Å²) in [5.41, 5.74) is 6.76. The molecule has 0 aliphatic heterocycles. The van der Waals surface area contributed by atoms with Crippen LogP contribution in [0, 0.1) is 0 Å². The Labute approximate surface area is 153 Å². The Morgan fingerprint density at radius 1 is 1.20 bits per heavy atom. The second-order valence-corrected chi connectivity index (χ2v) is 6.93. The van der Waals surface area contributed by atoms with Crippen LogP contribution in [0.4, 0.5) is 0 Å². The predicted octanol–water partition coefficient (Wildman–Crippen LogP) is 5.93. The molecule has 1 aliphatic rings. The number of carbonyl (C=O) groups excluding carboxylic acids is 1.